The van der Waals surface area contributed by atoms with Crippen LogP contribution in [0.15, 0.2) is 48.2 Å². The van der Waals surface area contributed by atoms with Gasteiger partial charge in [0.2, 0.25) is 11.8 Å². The number of amides is 2. The molecule has 1 aromatic rings. The molecule has 1 aliphatic carbocycles. The fraction of sp³-hybridized carbons (Fsp3) is 0.480. The molecule has 2 aliphatic rings. The number of carbonyl (C=O) groups excluding carboxylic acids is 2. The van der Waals surface area contributed by atoms with Gasteiger partial charge in [0.05, 0.1) is 6.61 Å². The molecule has 1 saturated heterocycles. The number of ether oxygens (including phenoxy) is 2. The maximum Gasteiger partial charge on any atom is 0.226 e. The number of rotatable bonds is 11. The van der Waals surface area contributed by atoms with E-state index in [2.05, 4.69) is 29.6 Å². The van der Waals surface area contributed by atoms with E-state index < -0.39 is 5.41 Å². The zero-order valence-electron chi connectivity index (χ0n) is 19.3. The summed E-state index contributed by atoms with van der Waals surface area (Å²) in [5.74, 6) is 0.342. The van der Waals surface area contributed by atoms with Crippen LogP contribution in [0.4, 0.5) is 0 Å². The normalized spacial score (nSPS) is 20.3. The van der Waals surface area contributed by atoms with Crippen molar-refractivity contribution >= 4 is 23.3 Å². The van der Waals surface area contributed by atoms with E-state index in [1.165, 1.54) is 0 Å². The zero-order valence-corrected chi connectivity index (χ0v) is 19.3. The van der Waals surface area contributed by atoms with Crippen LogP contribution in [-0.4, -0.2) is 56.1 Å². The molecule has 3 rings (SSSR count). The molecule has 1 atom stereocenters. The predicted molar refractivity (Wildman–Crippen MR) is 127 cm³/mol. The van der Waals surface area contributed by atoms with Crippen molar-refractivity contribution in [2.75, 3.05) is 33.4 Å². The predicted octanol–water partition coefficient (Wildman–Crippen LogP) is 2.81. The number of nitrogens with one attached hydrogen (secondary N) is 2. The molecule has 1 aromatic carbocycles. The third kappa shape index (κ3) is 6.92. The van der Waals surface area contributed by atoms with Crippen molar-refractivity contribution in [1.82, 2.24) is 10.2 Å². The standard InChI is InChI=1S/C25H34N4O4/c1-32-15-6-16-33-21-17-25(13-11-22(30)28-24(26)27,18-29-14-5-9-23(29)31)12-10-20(21)19-7-3-2-4-8-19/h2-4,7-8,10,12H,5-6,9,11,13-18H2,1H3,(H4,26,27,28,30). The minimum Gasteiger partial charge on any atom is -0.497 e. The molecule has 1 heterocycles. The summed E-state index contributed by atoms with van der Waals surface area (Å²) in [6.45, 7) is 2.40. The molecule has 0 radical (unpaired) electrons. The van der Waals surface area contributed by atoms with E-state index in [4.69, 9.17) is 20.6 Å². The summed E-state index contributed by atoms with van der Waals surface area (Å²) in [4.78, 5) is 26.6. The van der Waals surface area contributed by atoms with Crippen molar-refractivity contribution in [2.45, 2.75) is 38.5 Å². The number of nitrogens with zero attached hydrogens (tertiary/aromatic N) is 1. The highest BCUT2D eigenvalue weighted by molar-refractivity contribution is 5.94. The number of carbonyl (C=O) groups is 2. The van der Waals surface area contributed by atoms with Crippen molar-refractivity contribution in [3.63, 3.8) is 0 Å². The molecule has 0 spiro atoms. The van der Waals surface area contributed by atoms with Gasteiger partial charge < -0.3 is 20.1 Å². The SMILES string of the molecule is COCCCOC1=C(c2ccccc2)C=CC(CCC(=O)NC(=N)N)(CN2CCCC2=O)C1. The lowest BCUT2D eigenvalue weighted by atomic mass is 9.74. The van der Waals surface area contributed by atoms with Crippen molar-refractivity contribution < 1.29 is 19.1 Å². The second-order valence-electron chi connectivity index (χ2n) is 8.65. The highest BCUT2D eigenvalue weighted by Gasteiger charge is 2.37. The summed E-state index contributed by atoms with van der Waals surface area (Å²) in [5.41, 5.74) is 6.96. The number of nitrogens with two attached hydrogens (primary N) is 1. The van der Waals surface area contributed by atoms with Crippen molar-refractivity contribution in [3.05, 3.63) is 53.8 Å². The maximum absolute atomic E-state index is 12.4. The van der Waals surface area contributed by atoms with Gasteiger partial charge in [-0.3, -0.25) is 20.3 Å². The average molecular weight is 455 g/mol. The second kappa shape index (κ2) is 11.7. The Bertz CT molecular complexity index is 912. The third-order valence-electron chi connectivity index (χ3n) is 6.07. The number of likely N-dealkylation sites (tertiary alicyclic amines) is 1. The fourth-order valence-corrected chi connectivity index (χ4v) is 4.42. The number of hydrogen-bond donors (Lipinski definition) is 3. The fourth-order valence-electron chi connectivity index (χ4n) is 4.42. The Morgan fingerprint density at radius 2 is 2.06 bits per heavy atom. The van der Waals surface area contributed by atoms with E-state index in [-0.39, 0.29) is 24.2 Å². The summed E-state index contributed by atoms with van der Waals surface area (Å²) in [6.07, 6.45) is 7.67. The Morgan fingerprint density at radius 1 is 1.27 bits per heavy atom. The minimum atomic E-state index is -0.441. The summed E-state index contributed by atoms with van der Waals surface area (Å²) in [5, 5.41) is 9.67. The first kappa shape index (κ1) is 24.5. The lowest BCUT2D eigenvalue weighted by Crippen LogP contribution is -2.41. The number of guanidine groups is 1. The van der Waals surface area contributed by atoms with Gasteiger partial charge in [-0.2, -0.15) is 0 Å². The number of methoxy groups -OCH3 is 1. The first-order valence-corrected chi connectivity index (χ1v) is 11.4. The monoisotopic (exact) mass is 454 g/mol. The second-order valence-corrected chi connectivity index (χ2v) is 8.65. The summed E-state index contributed by atoms with van der Waals surface area (Å²) in [7, 11) is 1.67. The Hall–Kier alpha value is -3.13. The van der Waals surface area contributed by atoms with E-state index in [9.17, 15) is 9.59 Å². The molecule has 0 aromatic heterocycles. The van der Waals surface area contributed by atoms with E-state index >= 15 is 0 Å². The lowest BCUT2D eigenvalue weighted by Gasteiger charge is -2.38. The molecule has 2 amide bonds. The summed E-state index contributed by atoms with van der Waals surface area (Å²) >= 11 is 0. The third-order valence-corrected chi connectivity index (χ3v) is 6.07. The Morgan fingerprint density at radius 3 is 2.73 bits per heavy atom. The summed E-state index contributed by atoms with van der Waals surface area (Å²) < 4.78 is 11.4. The molecule has 4 N–H and O–H groups in total. The average Bonchev–Trinajstić information content (AvgIpc) is 3.20. The Kier molecular flexibility index (Phi) is 8.65. The van der Waals surface area contributed by atoms with Crippen LogP contribution in [0.5, 0.6) is 0 Å². The van der Waals surface area contributed by atoms with E-state index in [0.717, 1.165) is 36.3 Å². The molecule has 178 valence electrons. The van der Waals surface area contributed by atoms with Crippen LogP contribution in [0.1, 0.15) is 44.1 Å². The molecule has 8 nitrogen and oxygen atoms in total. The molecule has 1 fully saturated rings. The van der Waals surface area contributed by atoms with Gasteiger partial charge in [-0.05, 0) is 18.4 Å². The largest absolute Gasteiger partial charge is 0.497 e. The van der Waals surface area contributed by atoms with Crippen molar-refractivity contribution in [2.24, 2.45) is 11.1 Å². The smallest absolute Gasteiger partial charge is 0.226 e. The van der Waals surface area contributed by atoms with Gasteiger partial charge in [0.15, 0.2) is 5.96 Å². The van der Waals surface area contributed by atoms with E-state index in [1.54, 1.807) is 7.11 Å². The maximum atomic E-state index is 12.4. The highest BCUT2D eigenvalue weighted by Crippen LogP contribution is 2.42. The van der Waals surface area contributed by atoms with Gasteiger partial charge >= 0.3 is 0 Å². The molecule has 0 saturated carbocycles. The molecular weight excluding hydrogens is 420 g/mol. The van der Waals surface area contributed by atoms with Crippen LogP contribution in [0.25, 0.3) is 5.57 Å². The Labute approximate surface area is 195 Å². The van der Waals surface area contributed by atoms with Gasteiger partial charge in [0.1, 0.15) is 5.76 Å². The highest BCUT2D eigenvalue weighted by atomic mass is 16.5. The quantitative estimate of drug-likeness (QED) is 0.270. The molecule has 8 heteroatoms. The van der Waals surface area contributed by atoms with Crippen LogP contribution in [0.3, 0.4) is 0 Å². The van der Waals surface area contributed by atoms with E-state index in [1.807, 2.05) is 23.1 Å². The van der Waals surface area contributed by atoms with Gasteiger partial charge in [-0.1, -0.05) is 42.5 Å². The van der Waals surface area contributed by atoms with Gasteiger partial charge in [-0.15, -0.1) is 0 Å². The molecule has 33 heavy (non-hydrogen) atoms. The van der Waals surface area contributed by atoms with Crippen LogP contribution in [-0.2, 0) is 19.1 Å². The van der Waals surface area contributed by atoms with Crippen molar-refractivity contribution in [3.8, 4) is 0 Å². The lowest BCUT2D eigenvalue weighted by molar-refractivity contribution is -0.128. The molecule has 0 bridgehead atoms. The van der Waals surface area contributed by atoms with Crippen LogP contribution < -0.4 is 11.1 Å². The van der Waals surface area contributed by atoms with Crippen LogP contribution in [0.2, 0.25) is 0 Å². The molecular formula is C25H34N4O4. The first-order valence-electron chi connectivity index (χ1n) is 11.4. The first-order chi connectivity index (χ1) is 15.9. The van der Waals surface area contributed by atoms with Gasteiger partial charge in [0, 0.05) is 63.5 Å². The van der Waals surface area contributed by atoms with Crippen LogP contribution in [0, 0.1) is 10.8 Å². The molecule has 1 unspecified atom stereocenters. The number of allylic oxidation sites excluding steroid dienone is 3. The van der Waals surface area contributed by atoms with Gasteiger partial charge in [0.25, 0.3) is 0 Å². The molecule has 1 aliphatic heterocycles. The number of benzene rings is 1. The zero-order chi connectivity index (χ0) is 23.7. The topological polar surface area (TPSA) is 118 Å². The minimum absolute atomic E-state index is 0.149. The van der Waals surface area contributed by atoms with Crippen molar-refractivity contribution in [1.29, 1.82) is 5.41 Å². The van der Waals surface area contributed by atoms with Crippen LogP contribution >= 0.6 is 0 Å². The Balaban J connectivity index is 1.86. The number of hydrogen-bond acceptors (Lipinski definition) is 5. The van der Waals surface area contributed by atoms with Gasteiger partial charge in [-0.25, -0.2) is 0 Å². The summed E-state index contributed by atoms with van der Waals surface area (Å²) in [6, 6.07) is 10.1. The van der Waals surface area contributed by atoms with E-state index in [0.29, 0.717) is 39.0 Å².